The maximum absolute atomic E-state index is 13.4. The van der Waals surface area contributed by atoms with Crippen molar-refractivity contribution in [1.82, 2.24) is 9.80 Å². The number of benzene rings is 2. The molecule has 1 saturated heterocycles. The molecular formula is C21H27FN2O. The minimum atomic E-state index is -0.178. The lowest BCUT2D eigenvalue weighted by molar-refractivity contribution is 0.0498. The molecule has 1 atom stereocenters. The normalized spacial score (nSPS) is 19.2. The van der Waals surface area contributed by atoms with Crippen molar-refractivity contribution in [2.75, 3.05) is 26.2 Å². The summed E-state index contributed by atoms with van der Waals surface area (Å²) in [7, 11) is 0. The van der Waals surface area contributed by atoms with E-state index in [0.29, 0.717) is 6.04 Å². The lowest BCUT2D eigenvalue weighted by Gasteiger charge is -2.41. The molecule has 25 heavy (non-hydrogen) atoms. The average molecular weight is 342 g/mol. The monoisotopic (exact) mass is 342 g/mol. The fourth-order valence-corrected chi connectivity index (χ4v) is 3.63. The molecule has 0 aliphatic carbocycles. The van der Waals surface area contributed by atoms with Gasteiger partial charge in [-0.1, -0.05) is 36.4 Å². The molecule has 134 valence electrons. The van der Waals surface area contributed by atoms with E-state index in [9.17, 15) is 9.50 Å². The van der Waals surface area contributed by atoms with Crippen LogP contribution in [0.25, 0.3) is 0 Å². The maximum atomic E-state index is 13.4. The molecule has 0 radical (unpaired) electrons. The van der Waals surface area contributed by atoms with Gasteiger partial charge in [0.2, 0.25) is 0 Å². The minimum absolute atomic E-state index is 0.178. The van der Waals surface area contributed by atoms with Gasteiger partial charge in [0.15, 0.2) is 0 Å². The first-order chi connectivity index (χ1) is 12.2. The SMILES string of the molecule is Cc1ccccc1CN1CCN(Cc2cccc(F)c2)C[C@@H]1CCO. The number of aryl methyl sites for hydroxylation is 1. The Labute approximate surface area is 149 Å². The molecule has 1 aliphatic heterocycles. The van der Waals surface area contributed by atoms with E-state index in [4.69, 9.17) is 0 Å². The number of nitrogens with zero attached hydrogens (tertiary/aromatic N) is 2. The summed E-state index contributed by atoms with van der Waals surface area (Å²) in [6, 6.07) is 15.7. The number of hydrogen-bond acceptors (Lipinski definition) is 3. The molecule has 0 spiro atoms. The van der Waals surface area contributed by atoms with E-state index in [1.807, 2.05) is 6.07 Å². The van der Waals surface area contributed by atoms with Crippen LogP contribution in [0.4, 0.5) is 4.39 Å². The van der Waals surface area contributed by atoms with Crippen molar-refractivity contribution in [1.29, 1.82) is 0 Å². The van der Waals surface area contributed by atoms with Crippen LogP contribution >= 0.6 is 0 Å². The number of piperazine rings is 1. The molecule has 3 nitrogen and oxygen atoms in total. The van der Waals surface area contributed by atoms with E-state index >= 15 is 0 Å². The Hall–Kier alpha value is -1.75. The van der Waals surface area contributed by atoms with E-state index in [1.165, 1.54) is 17.2 Å². The number of halogens is 1. The largest absolute Gasteiger partial charge is 0.396 e. The van der Waals surface area contributed by atoms with Gasteiger partial charge in [0.25, 0.3) is 0 Å². The average Bonchev–Trinajstić information content (AvgIpc) is 2.59. The lowest BCUT2D eigenvalue weighted by Crippen LogP contribution is -2.52. The van der Waals surface area contributed by atoms with E-state index in [2.05, 4.69) is 41.0 Å². The van der Waals surface area contributed by atoms with Crippen LogP contribution in [0.5, 0.6) is 0 Å². The highest BCUT2D eigenvalue weighted by atomic mass is 19.1. The third kappa shape index (κ3) is 4.88. The van der Waals surface area contributed by atoms with Gasteiger partial charge in [-0.3, -0.25) is 9.80 Å². The van der Waals surface area contributed by atoms with Crippen LogP contribution in [-0.2, 0) is 13.1 Å². The topological polar surface area (TPSA) is 26.7 Å². The van der Waals surface area contributed by atoms with Crippen molar-refractivity contribution in [2.24, 2.45) is 0 Å². The number of aliphatic hydroxyl groups is 1. The van der Waals surface area contributed by atoms with Crippen molar-refractivity contribution in [3.8, 4) is 0 Å². The summed E-state index contributed by atoms with van der Waals surface area (Å²) in [5.41, 5.74) is 3.67. The summed E-state index contributed by atoms with van der Waals surface area (Å²) in [5, 5.41) is 9.47. The molecule has 0 bridgehead atoms. The first kappa shape index (κ1) is 18.1. The fourth-order valence-electron chi connectivity index (χ4n) is 3.63. The van der Waals surface area contributed by atoms with Gasteiger partial charge < -0.3 is 5.11 Å². The van der Waals surface area contributed by atoms with Gasteiger partial charge in [-0.25, -0.2) is 4.39 Å². The van der Waals surface area contributed by atoms with Gasteiger partial charge in [0, 0.05) is 45.4 Å². The van der Waals surface area contributed by atoms with Crippen LogP contribution in [-0.4, -0.2) is 47.2 Å². The Bertz CT molecular complexity index is 691. The second kappa shape index (κ2) is 8.56. The summed E-state index contributed by atoms with van der Waals surface area (Å²) in [6.07, 6.45) is 0.769. The zero-order valence-electron chi connectivity index (χ0n) is 14.9. The van der Waals surface area contributed by atoms with Gasteiger partial charge in [-0.15, -0.1) is 0 Å². The van der Waals surface area contributed by atoms with Crippen molar-refractivity contribution < 1.29 is 9.50 Å². The molecule has 2 aromatic carbocycles. The quantitative estimate of drug-likeness (QED) is 0.873. The van der Waals surface area contributed by atoms with Crippen molar-refractivity contribution in [2.45, 2.75) is 32.5 Å². The Kier molecular flexibility index (Phi) is 6.19. The van der Waals surface area contributed by atoms with Crippen LogP contribution in [0, 0.1) is 12.7 Å². The standard InChI is InChI=1S/C21H27FN2O/c1-17-5-2-3-7-19(17)15-24-11-10-23(16-21(24)9-12-25)14-18-6-4-8-20(22)13-18/h2-8,13,21,25H,9-12,14-16H2,1H3/t21-/m0/s1. The number of aliphatic hydroxyl groups excluding tert-OH is 1. The summed E-state index contributed by atoms with van der Waals surface area (Å²) in [4.78, 5) is 4.84. The zero-order chi connectivity index (χ0) is 17.6. The van der Waals surface area contributed by atoms with E-state index in [0.717, 1.165) is 44.7 Å². The second-order valence-electron chi connectivity index (χ2n) is 6.93. The summed E-state index contributed by atoms with van der Waals surface area (Å²) in [6.45, 7) is 6.87. The third-order valence-electron chi connectivity index (χ3n) is 5.08. The number of hydrogen-bond donors (Lipinski definition) is 1. The van der Waals surface area contributed by atoms with E-state index < -0.39 is 0 Å². The predicted octanol–water partition coefficient (Wildman–Crippen LogP) is 3.20. The predicted molar refractivity (Wildman–Crippen MR) is 98.8 cm³/mol. The number of rotatable bonds is 6. The molecule has 2 aromatic rings. The van der Waals surface area contributed by atoms with Crippen molar-refractivity contribution >= 4 is 0 Å². The fraction of sp³-hybridized carbons (Fsp3) is 0.429. The van der Waals surface area contributed by atoms with Crippen molar-refractivity contribution in [3.63, 3.8) is 0 Å². The highest BCUT2D eigenvalue weighted by Crippen LogP contribution is 2.20. The summed E-state index contributed by atoms with van der Waals surface area (Å²) < 4.78 is 13.4. The molecule has 0 saturated carbocycles. The van der Waals surface area contributed by atoms with Crippen molar-refractivity contribution in [3.05, 3.63) is 71.0 Å². The van der Waals surface area contributed by atoms with E-state index in [1.54, 1.807) is 12.1 Å². The summed E-state index contributed by atoms with van der Waals surface area (Å²) in [5.74, 6) is -0.178. The second-order valence-corrected chi connectivity index (χ2v) is 6.93. The van der Waals surface area contributed by atoms with Crippen LogP contribution in [0.15, 0.2) is 48.5 Å². The Morgan fingerprint density at radius 1 is 1.08 bits per heavy atom. The van der Waals surface area contributed by atoms with E-state index in [-0.39, 0.29) is 12.4 Å². The lowest BCUT2D eigenvalue weighted by atomic mass is 10.0. The van der Waals surface area contributed by atoms with Gasteiger partial charge >= 0.3 is 0 Å². The first-order valence-corrected chi connectivity index (χ1v) is 9.02. The zero-order valence-corrected chi connectivity index (χ0v) is 14.9. The minimum Gasteiger partial charge on any atom is -0.396 e. The maximum Gasteiger partial charge on any atom is 0.123 e. The third-order valence-corrected chi connectivity index (χ3v) is 5.08. The molecule has 3 rings (SSSR count). The van der Waals surface area contributed by atoms with Gasteiger partial charge in [0.05, 0.1) is 0 Å². The Morgan fingerprint density at radius 3 is 2.68 bits per heavy atom. The molecule has 0 unspecified atom stereocenters. The highest BCUT2D eigenvalue weighted by Gasteiger charge is 2.26. The van der Waals surface area contributed by atoms with Gasteiger partial charge in [-0.05, 0) is 42.2 Å². The molecule has 1 fully saturated rings. The molecule has 4 heteroatoms. The Morgan fingerprint density at radius 2 is 1.92 bits per heavy atom. The van der Waals surface area contributed by atoms with Gasteiger partial charge in [-0.2, -0.15) is 0 Å². The highest BCUT2D eigenvalue weighted by molar-refractivity contribution is 5.25. The van der Waals surface area contributed by atoms with Crippen LogP contribution < -0.4 is 0 Å². The molecular weight excluding hydrogens is 315 g/mol. The Balaban J connectivity index is 1.65. The van der Waals surface area contributed by atoms with Crippen LogP contribution in [0.1, 0.15) is 23.1 Å². The van der Waals surface area contributed by atoms with Crippen LogP contribution in [0.3, 0.4) is 0 Å². The molecule has 1 heterocycles. The molecule has 0 aromatic heterocycles. The summed E-state index contributed by atoms with van der Waals surface area (Å²) >= 11 is 0. The smallest absolute Gasteiger partial charge is 0.123 e. The first-order valence-electron chi connectivity index (χ1n) is 9.02. The van der Waals surface area contributed by atoms with Gasteiger partial charge in [0.1, 0.15) is 5.82 Å². The van der Waals surface area contributed by atoms with Crippen LogP contribution in [0.2, 0.25) is 0 Å². The molecule has 1 aliphatic rings. The molecule has 1 N–H and O–H groups in total. The molecule has 0 amide bonds.